The van der Waals surface area contributed by atoms with Gasteiger partial charge in [-0.05, 0) is 36.8 Å². The third-order valence-electron chi connectivity index (χ3n) is 7.38. The molecule has 3 fully saturated rings. The van der Waals surface area contributed by atoms with E-state index in [2.05, 4.69) is 41.4 Å². The second-order valence-corrected chi connectivity index (χ2v) is 9.47. The van der Waals surface area contributed by atoms with Gasteiger partial charge in [-0.25, -0.2) is 0 Å². The number of likely N-dealkylation sites (tertiary alicyclic amines) is 2. The smallest absolute Gasteiger partial charge is 0.222 e. The van der Waals surface area contributed by atoms with Crippen molar-refractivity contribution in [2.24, 2.45) is 11.8 Å². The van der Waals surface area contributed by atoms with Crippen molar-refractivity contribution in [3.05, 3.63) is 35.4 Å². The molecule has 1 aromatic rings. The summed E-state index contributed by atoms with van der Waals surface area (Å²) in [5.41, 5.74) is 2.60. The number of benzene rings is 1. The minimum absolute atomic E-state index is 0.00493. The highest BCUT2D eigenvalue weighted by Crippen LogP contribution is 2.42. The number of aryl methyl sites for hydroxylation is 1. The summed E-state index contributed by atoms with van der Waals surface area (Å²) in [5, 5.41) is 2.92. The zero-order valence-electron chi connectivity index (χ0n) is 19.4. The predicted molar refractivity (Wildman–Crippen MR) is 122 cm³/mol. The van der Waals surface area contributed by atoms with Gasteiger partial charge >= 0.3 is 0 Å². The molecule has 7 heteroatoms. The number of amides is 2. The Kier molecular flexibility index (Phi) is 7.81. The number of fused-ring (bicyclic) bond motifs is 1. The summed E-state index contributed by atoms with van der Waals surface area (Å²) in [5.74, 6) is 0.684. The van der Waals surface area contributed by atoms with Gasteiger partial charge < -0.3 is 19.7 Å². The van der Waals surface area contributed by atoms with E-state index in [1.165, 1.54) is 11.1 Å². The monoisotopic (exact) mass is 443 g/mol. The van der Waals surface area contributed by atoms with Crippen molar-refractivity contribution < 1.29 is 19.1 Å². The van der Waals surface area contributed by atoms with Crippen molar-refractivity contribution in [3.8, 4) is 0 Å². The van der Waals surface area contributed by atoms with E-state index in [9.17, 15) is 9.59 Å². The third kappa shape index (κ3) is 5.33. The zero-order valence-corrected chi connectivity index (χ0v) is 19.4. The van der Waals surface area contributed by atoms with Gasteiger partial charge in [0.15, 0.2) is 0 Å². The minimum Gasteiger partial charge on any atom is -0.383 e. The number of rotatable bonds is 9. The summed E-state index contributed by atoms with van der Waals surface area (Å²) in [6.45, 7) is 7.29. The Bertz CT molecular complexity index is 795. The van der Waals surface area contributed by atoms with Gasteiger partial charge in [-0.2, -0.15) is 0 Å². The molecule has 176 valence electrons. The largest absolute Gasteiger partial charge is 0.383 e. The molecule has 1 N–H and O–H groups in total. The molecule has 4 rings (SSSR count). The molecular formula is C25H37N3O4. The van der Waals surface area contributed by atoms with Crippen LogP contribution in [0.15, 0.2) is 24.3 Å². The molecule has 0 bridgehead atoms. The quantitative estimate of drug-likeness (QED) is 0.591. The van der Waals surface area contributed by atoms with Crippen molar-refractivity contribution in [1.82, 2.24) is 15.1 Å². The van der Waals surface area contributed by atoms with Crippen LogP contribution in [0.25, 0.3) is 0 Å². The normalized spacial score (nSPS) is 27.6. The lowest BCUT2D eigenvalue weighted by molar-refractivity contribution is -0.131. The van der Waals surface area contributed by atoms with E-state index in [0.717, 1.165) is 39.0 Å². The maximum absolute atomic E-state index is 13.0. The minimum atomic E-state index is -0.138. The van der Waals surface area contributed by atoms with Gasteiger partial charge in [-0.1, -0.05) is 24.3 Å². The molecule has 3 saturated heterocycles. The first kappa shape index (κ1) is 23.2. The van der Waals surface area contributed by atoms with E-state index >= 15 is 0 Å². The standard InChI is InChI=1S/C25H37N3O4/c1-18-7-3-4-8-19(18)15-28-16-20(13-24(30)27-10-5-6-11-27)25-21(28)17-32-22(25)14-23(29)26-9-12-31-2/h3-4,7-8,20-22,25H,5-6,9-17H2,1-2H3,(H,26,29)/t20-,21-,22+,25-/m1/s1. The fourth-order valence-electron chi connectivity index (χ4n) is 5.67. The predicted octanol–water partition coefficient (Wildman–Crippen LogP) is 1.98. The van der Waals surface area contributed by atoms with E-state index in [-0.39, 0.29) is 35.8 Å². The molecule has 4 atom stereocenters. The lowest BCUT2D eigenvalue weighted by atomic mass is 9.84. The first-order chi connectivity index (χ1) is 15.6. The Morgan fingerprint density at radius 2 is 1.97 bits per heavy atom. The Morgan fingerprint density at radius 1 is 1.19 bits per heavy atom. The van der Waals surface area contributed by atoms with Crippen LogP contribution in [0.1, 0.15) is 36.8 Å². The van der Waals surface area contributed by atoms with Crippen LogP contribution in [0.2, 0.25) is 0 Å². The van der Waals surface area contributed by atoms with Gasteiger partial charge in [0.2, 0.25) is 11.8 Å². The molecule has 2 amide bonds. The molecule has 3 aliphatic heterocycles. The summed E-state index contributed by atoms with van der Waals surface area (Å²) in [6, 6.07) is 8.74. The van der Waals surface area contributed by atoms with Crippen LogP contribution in [0.4, 0.5) is 0 Å². The fourth-order valence-corrected chi connectivity index (χ4v) is 5.67. The molecule has 0 aliphatic carbocycles. The Balaban J connectivity index is 1.46. The second-order valence-electron chi connectivity index (χ2n) is 9.47. The molecule has 3 heterocycles. The Morgan fingerprint density at radius 3 is 2.72 bits per heavy atom. The number of carbonyl (C=O) groups excluding carboxylic acids is 2. The molecule has 32 heavy (non-hydrogen) atoms. The maximum Gasteiger partial charge on any atom is 0.222 e. The van der Waals surface area contributed by atoms with Crippen molar-refractivity contribution in [2.75, 3.05) is 46.5 Å². The van der Waals surface area contributed by atoms with Gasteiger partial charge in [-0.15, -0.1) is 0 Å². The van der Waals surface area contributed by atoms with Crippen LogP contribution in [0, 0.1) is 18.8 Å². The summed E-state index contributed by atoms with van der Waals surface area (Å²) in [7, 11) is 1.63. The highest BCUT2D eigenvalue weighted by Gasteiger charge is 2.51. The van der Waals surface area contributed by atoms with Crippen LogP contribution >= 0.6 is 0 Å². The summed E-state index contributed by atoms with van der Waals surface area (Å²) in [6.07, 6.45) is 2.97. The van der Waals surface area contributed by atoms with Gasteiger partial charge in [0.05, 0.1) is 25.7 Å². The lowest BCUT2D eigenvalue weighted by Crippen LogP contribution is -2.37. The SMILES string of the molecule is COCCNC(=O)C[C@@H]1OC[C@@H]2[C@H]1[C@H](CC(=O)N1CCCC1)CN2Cc1ccccc1C. The number of ether oxygens (including phenoxy) is 2. The fraction of sp³-hybridized carbons (Fsp3) is 0.680. The number of nitrogens with zero attached hydrogens (tertiary/aromatic N) is 2. The average molecular weight is 444 g/mol. The number of nitrogens with one attached hydrogen (secondary N) is 1. The molecule has 0 spiro atoms. The van der Waals surface area contributed by atoms with Crippen molar-refractivity contribution >= 4 is 11.8 Å². The van der Waals surface area contributed by atoms with Crippen molar-refractivity contribution in [1.29, 1.82) is 0 Å². The number of methoxy groups -OCH3 is 1. The van der Waals surface area contributed by atoms with Crippen molar-refractivity contribution in [3.63, 3.8) is 0 Å². The van der Waals surface area contributed by atoms with E-state index < -0.39 is 0 Å². The van der Waals surface area contributed by atoms with E-state index in [1.807, 2.05) is 4.90 Å². The van der Waals surface area contributed by atoms with Crippen LogP contribution in [0.5, 0.6) is 0 Å². The molecule has 0 radical (unpaired) electrons. The molecule has 0 saturated carbocycles. The zero-order chi connectivity index (χ0) is 22.5. The maximum atomic E-state index is 13.0. The average Bonchev–Trinajstić information content (AvgIpc) is 3.50. The molecular weight excluding hydrogens is 406 g/mol. The number of hydrogen-bond acceptors (Lipinski definition) is 5. The van der Waals surface area contributed by atoms with Gasteiger partial charge in [0.25, 0.3) is 0 Å². The van der Waals surface area contributed by atoms with Gasteiger partial charge in [0.1, 0.15) is 0 Å². The Hall–Kier alpha value is -1.96. The van der Waals surface area contributed by atoms with Crippen LogP contribution in [-0.2, 0) is 25.6 Å². The lowest BCUT2D eigenvalue weighted by Gasteiger charge is -2.24. The summed E-state index contributed by atoms with van der Waals surface area (Å²) >= 11 is 0. The molecule has 0 unspecified atom stereocenters. The molecule has 3 aliphatic rings. The highest BCUT2D eigenvalue weighted by molar-refractivity contribution is 5.77. The first-order valence-corrected chi connectivity index (χ1v) is 12.0. The molecule has 0 aromatic heterocycles. The number of hydrogen-bond donors (Lipinski definition) is 1. The first-order valence-electron chi connectivity index (χ1n) is 12.0. The highest BCUT2D eigenvalue weighted by atomic mass is 16.5. The van der Waals surface area contributed by atoms with E-state index in [1.54, 1.807) is 7.11 Å². The third-order valence-corrected chi connectivity index (χ3v) is 7.38. The van der Waals surface area contributed by atoms with Gasteiger partial charge in [0, 0.05) is 58.2 Å². The van der Waals surface area contributed by atoms with Gasteiger partial charge in [-0.3, -0.25) is 14.5 Å². The van der Waals surface area contributed by atoms with E-state index in [0.29, 0.717) is 32.6 Å². The Labute approximate surface area is 191 Å². The van der Waals surface area contributed by atoms with Crippen LogP contribution in [0.3, 0.4) is 0 Å². The van der Waals surface area contributed by atoms with E-state index in [4.69, 9.17) is 9.47 Å². The van der Waals surface area contributed by atoms with Crippen LogP contribution < -0.4 is 5.32 Å². The van der Waals surface area contributed by atoms with Crippen LogP contribution in [-0.4, -0.2) is 80.3 Å². The molecule has 7 nitrogen and oxygen atoms in total. The summed E-state index contributed by atoms with van der Waals surface area (Å²) < 4.78 is 11.2. The van der Waals surface area contributed by atoms with Crippen molar-refractivity contribution in [2.45, 2.75) is 51.3 Å². The number of carbonyl (C=O) groups is 2. The summed E-state index contributed by atoms with van der Waals surface area (Å²) in [4.78, 5) is 30.0. The molecule has 1 aromatic carbocycles. The second kappa shape index (κ2) is 10.8. The topological polar surface area (TPSA) is 71.1 Å².